The van der Waals surface area contributed by atoms with Crippen LogP contribution in [0.5, 0.6) is 5.75 Å². The molecule has 1 amide bonds. The Morgan fingerprint density at radius 2 is 1.50 bits per heavy atom. The van der Waals surface area contributed by atoms with Crippen molar-refractivity contribution in [2.45, 2.75) is 19.4 Å². The van der Waals surface area contributed by atoms with E-state index in [4.69, 9.17) is 4.74 Å². The van der Waals surface area contributed by atoms with Crippen LogP contribution in [0.2, 0.25) is 0 Å². The molecule has 1 atom stereocenters. The smallest absolute Gasteiger partial charge is 0.326 e. The summed E-state index contributed by atoms with van der Waals surface area (Å²) in [4.78, 5) is 39.5. The Kier molecular flexibility index (Phi) is 10.6. The average Bonchev–Trinajstić information content (AvgIpc) is 3.03. The molecule has 0 saturated heterocycles. The molecule has 7 nitrogen and oxygen atoms in total. The van der Waals surface area contributed by atoms with Gasteiger partial charge in [0.15, 0.2) is 5.78 Å². The van der Waals surface area contributed by atoms with Crippen molar-refractivity contribution in [3.05, 3.63) is 138 Å². The van der Waals surface area contributed by atoms with Crippen LogP contribution >= 0.6 is 0 Å². The minimum Gasteiger partial charge on any atom is -0.492 e. The van der Waals surface area contributed by atoms with E-state index in [9.17, 15) is 19.5 Å². The normalized spacial score (nSPS) is 11.5. The number of anilines is 1. The Hall–Kier alpha value is -5.17. The fourth-order valence-electron chi connectivity index (χ4n) is 4.43. The van der Waals surface area contributed by atoms with Gasteiger partial charge in [0.1, 0.15) is 18.4 Å². The number of carboxylic acid groups (broad SMARTS) is 1. The predicted molar refractivity (Wildman–Crippen MR) is 165 cm³/mol. The van der Waals surface area contributed by atoms with Gasteiger partial charge in [-0.1, -0.05) is 84.9 Å². The molecular weight excluding hydrogens is 528 g/mol. The van der Waals surface area contributed by atoms with E-state index in [-0.39, 0.29) is 18.1 Å². The lowest BCUT2D eigenvalue weighted by Gasteiger charge is -2.20. The van der Waals surface area contributed by atoms with Gasteiger partial charge in [-0.25, -0.2) is 4.79 Å². The third-order valence-electron chi connectivity index (χ3n) is 6.74. The second-order valence-corrected chi connectivity index (χ2v) is 9.63. The van der Waals surface area contributed by atoms with Gasteiger partial charge in [-0.3, -0.25) is 9.59 Å². The maximum Gasteiger partial charge on any atom is 0.326 e. The maximum absolute atomic E-state index is 13.1. The van der Waals surface area contributed by atoms with E-state index in [1.54, 1.807) is 77.7 Å². The van der Waals surface area contributed by atoms with Crippen LogP contribution < -0.4 is 10.1 Å². The molecule has 0 aromatic heterocycles. The van der Waals surface area contributed by atoms with Crippen molar-refractivity contribution in [3.63, 3.8) is 0 Å². The topological polar surface area (TPSA) is 95.9 Å². The van der Waals surface area contributed by atoms with Crippen molar-refractivity contribution in [2.75, 3.05) is 25.0 Å². The van der Waals surface area contributed by atoms with Gasteiger partial charge in [0.2, 0.25) is 5.91 Å². The first-order chi connectivity index (χ1) is 20.4. The summed E-state index contributed by atoms with van der Waals surface area (Å²) in [5, 5.41) is 13.0. The number of likely N-dealkylation sites (N-methyl/N-ethyl adjacent to an activating group) is 1. The highest BCUT2D eigenvalue weighted by atomic mass is 16.5. The number of amides is 1. The van der Waals surface area contributed by atoms with Crippen molar-refractivity contribution in [1.29, 1.82) is 0 Å². The number of aliphatic carboxylic acids is 1. The van der Waals surface area contributed by atoms with Crippen molar-refractivity contribution >= 4 is 29.4 Å². The Labute approximate surface area is 246 Å². The standard InChI is InChI=1S/C35H34N2O5/c1-2-37(33(38)22-19-26-11-5-3-6-12-26)23-24-42-29-20-17-27(18-21-29)25-32(35(40)41)36-31-16-10-9-15-30(31)34(39)28-13-7-4-8-14-28/h3-22,32,36H,2,23-25H2,1H3,(H,40,41). The molecule has 0 heterocycles. The fourth-order valence-corrected chi connectivity index (χ4v) is 4.43. The Morgan fingerprint density at radius 3 is 2.17 bits per heavy atom. The molecule has 0 bridgehead atoms. The number of hydrogen-bond donors (Lipinski definition) is 2. The summed E-state index contributed by atoms with van der Waals surface area (Å²) in [5.41, 5.74) is 3.17. The summed E-state index contributed by atoms with van der Waals surface area (Å²) in [7, 11) is 0. The SMILES string of the molecule is CCN(CCOc1ccc(CC(Nc2ccccc2C(=O)c2ccccc2)C(=O)O)cc1)C(=O)C=Cc1ccccc1. The zero-order valence-corrected chi connectivity index (χ0v) is 23.5. The highest BCUT2D eigenvalue weighted by Gasteiger charge is 2.21. The summed E-state index contributed by atoms with van der Waals surface area (Å²) in [6.07, 6.45) is 3.56. The summed E-state index contributed by atoms with van der Waals surface area (Å²) >= 11 is 0. The Bertz CT molecular complexity index is 1500. The number of carbonyl (C=O) groups is 3. The number of carbonyl (C=O) groups excluding carboxylic acids is 2. The second kappa shape index (κ2) is 15.0. The number of ether oxygens (including phenoxy) is 1. The Morgan fingerprint density at radius 1 is 0.857 bits per heavy atom. The van der Waals surface area contributed by atoms with E-state index in [0.717, 1.165) is 11.1 Å². The van der Waals surface area contributed by atoms with Gasteiger partial charge in [-0.15, -0.1) is 0 Å². The van der Waals surface area contributed by atoms with Crippen LogP contribution in [-0.4, -0.2) is 53.4 Å². The molecule has 0 radical (unpaired) electrons. The van der Waals surface area contributed by atoms with Crippen molar-refractivity contribution in [2.24, 2.45) is 0 Å². The first kappa shape index (κ1) is 29.8. The van der Waals surface area contributed by atoms with Gasteiger partial charge in [0.05, 0.1) is 6.54 Å². The van der Waals surface area contributed by atoms with Crippen LogP contribution in [0.4, 0.5) is 5.69 Å². The van der Waals surface area contributed by atoms with Gasteiger partial charge in [0.25, 0.3) is 0 Å². The number of carboxylic acids is 1. The largest absolute Gasteiger partial charge is 0.492 e. The minimum absolute atomic E-state index is 0.0837. The molecular formula is C35H34N2O5. The first-order valence-electron chi connectivity index (χ1n) is 13.9. The predicted octanol–water partition coefficient (Wildman–Crippen LogP) is 5.97. The molecule has 2 N–H and O–H groups in total. The Balaban J connectivity index is 1.33. The van der Waals surface area contributed by atoms with Crippen molar-refractivity contribution in [1.82, 2.24) is 4.90 Å². The lowest BCUT2D eigenvalue weighted by atomic mass is 10.00. The summed E-state index contributed by atoms with van der Waals surface area (Å²) in [5.74, 6) is -0.664. The summed E-state index contributed by atoms with van der Waals surface area (Å²) in [6.45, 7) is 3.24. The first-order valence-corrected chi connectivity index (χ1v) is 13.9. The highest BCUT2D eigenvalue weighted by Crippen LogP contribution is 2.22. The molecule has 4 aromatic rings. The molecule has 4 aromatic carbocycles. The molecule has 0 fully saturated rings. The van der Waals surface area contributed by atoms with Crippen LogP contribution in [0, 0.1) is 0 Å². The number of nitrogens with zero attached hydrogens (tertiary/aromatic N) is 1. The quantitative estimate of drug-likeness (QED) is 0.145. The van der Waals surface area contributed by atoms with E-state index in [2.05, 4.69) is 5.32 Å². The third-order valence-corrected chi connectivity index (χ3v) is 6.74. The maximum atomic E-state index is 13.1. The highest BCUT2D eigenvalue weighted by molar-refractivity contribution is 6.12. The summed E-state index contributed by atoms with van der Waals surface area (Å²) in [6, 6.07) is 31.7. The van der Waals surface area contributed by atoms with E-state index in [1.165, 1.54) is 0 Å². The number of ketones is 1. The van der Waals surface area contributed by atoms with E-state index < -0.39 is 12.0 Å². The van der Waals surface area contributed by atoms with Gasteiger partial charge < -0.3 is 20.1 Å². The molecule has 7 heteroatoms. The molecule has 0 aliphatic rings. The average molecular weight is 563 g/mol. The molecule has 214 valence electrons. The van der Waals surface area contributed by atoms with Gasteiger partial charge in [-0.2, -0.15) is 0 Å². The van der Waals surface area contributed by atoms with Crippen LogP contribution in [0.25, 0.3) is 6.08 Å². The number of benzene rings is 4. The van der Waals surface area contributed by atoms with Crippen LogP contribution in [-0.2, 0) is 16.0 Å². The van der Waals surface area contributed by atoms with Crippen LogP contribution in [0.3, 0.4) is 0 Å². The number of nitrogens with one attached hydrogen (secondary N) is 1. The monoisotopic (exact) mass is 562 g/mol. The lowest BCUT2D eigenvalue weighted by molar-refractivity contribution is -0.137. The zero-order valence-electron chi connectivity index (χ0n) is 23.5. The van der Waals surface area contributed by atoms with Gasteiger partial charge in [0, 0.05) is 35.9 Å². The van der Waals surface area contributed by atoms with Crippen LogP contribution in [0.1, 0.15) is 34.0 Å². The minimum atomic E-state index is -1.03. The molecule has 0 spiro atoms. The number of hydrogen-bond acceptors (Lipinski definition) is 5. The molecule has 4 rings (SSSR count). The van der Waals surface area contributed by atoms with Crippen molar-refractivity contribution in [3.8, 4) is 5.75 Å². The lowest BCUT2D eigenvalue weighted by Crippen LogP contribution is -2.33. The number of para-hydroxylation sites is 1. The molecule has 0 aliphatic heterocycles. The van der Waals surface area contributed by atoms with Crippen molar-refractivity contribution < 1.29 is 24.2 Å². The second-order valence-electron chi connectivity index (χ2n) is 9.63. The molecule has 1 unspecified atom stereocenters. The number of rotatable bonds is 14. The third kappa shape index (κ3) is 8.41. The van der Waals surface area contributed by atoms with E-state index in [0.29, 0.717) is 42.3 Å². The molecule has 0 saturated carbocycles. The molecule has 42 heavy (non-hydrogen) atoms. The van der Waals surface area contributed by atoms with Gasteiger partial charge >= 0.3 is 5.97 Å². The fraction of sp³-hybridized carbons (Fsp3) is 0.171. The van der Waals surface area contributed by atoms with E-state index >= 15 is 0 Å². The summed E-state index contributed by atoms with van der Waals surface area (Å²) < 4.78 is 5.85. The van der Waals surface area contributed by atoms with E-state index in [1.807, 2.05) is 55.5 Å². The zero-order chi connectivity index (χ0) is 29.7. The van der Waals surface area contributed by atoms with Crippen LogP contribution in [0.15, 0.2) is 115 Å². The molecule has 0 aliphatic carbocycles. The van der Waals surface area contributed by atoms with Gasteiger partial charge in [-0.05, 0) is 48.4 Å².